The molecule has 2 aromatic rings. The van der Waals surface area contributed by atoms with Gasteiger partial charge in [0.2, 0.25) is 5.95 Å². The van der Waals surface area contributed by atoms with E-state index in [4.69, 9.17) is 4.74 Å². The number of aryl methyl sites for hydroxylation is 1. The van der Waals surface area contributed by atoms with E-state index in [9.17, 15) is 0 Å². The Kier molecular flexibility index (Phi) is 4.36. The zero-order valence-electron chi connectivity index (χ0n) is 10.9. The van der Waals surface area contributed by atoms with Crippen LogP contribution in [-0.2, 0) is 24.4 Å². The lowest BCUT2D eigenvalue weighted by molar-refractivity contribution is 0.185. The van der Waals surface area contributed by atoms with Crippen LogP contribution in [-0.4, -0.2) is 16.7 Å². The second kappa shape index (κ2) is 6.21. The Hall–Kier alpha value is -1.81. The number of nitrogens with zero attached hydrogens (tertiary/aromatic N) is 2. The highest BCUT2D eigenvalue weighted by molar-refractivity contribution is 5.30. The zero-order valence-corrected chi connectivity index (χ0v) is 10.9. The smallest absolute Gasteiger partial charge is 0.203 e. The Labute approximate surface area is 108 Å². The van der Waals surface area contributed by atoms with Crippen molar-refractivity contribution in [3.63, 3.8) is 0 Å². The van der Waals surface area contributed by atoms with E-state index < -0.39 is 0 Å². The van der Waals surface area contributed by atoms with Crippen LogP contribution in [0.3, 0.4) is 0 Å². The van der Waals surface area contributed by atoms with Gasteiger partial charge in [-0.2, -0.15) is 0 Å². The molecule has 0 saturated carbocycles. The van der Waals surface area contributed by atoms with Crippen molar-refractivity contribution in [2.45, 2.75) is 26.6 Å². The van der Waals surface area contributed by atoms with Gasteiger partial charge in [0.25, 0.3) is 0 Å². The summed E-state index contributed by atoms with van der Waals surface area (Å²) >= 11 is 0. The maximum Gasteiger partial charge on any atom is 0.203 e. The first-order valence-electron chi connectivity index (χ1n) is 6.15. The van der Waals surface area contributed by atoms with Crippen LogP contribution in [0.1, 0.15) is 18.1 Å². The van der Waals surface area contributed by atoms with Gasteiger partial charge in [-0.1, -0.05) is 24.3 Å². The topological polar surface area (TPSA) is 39.1 Å². The number of imidazole rings is 1. The molecule has 18 heavy (non-hydrogen) atoms. The highest BCUT2D eigenvalue weighted by Gasteiger charge is 2.01. The maximum atomic E-state index is 5.13. The predicted octanol–water partition coefficient (Wildman–Crippen LogP) is 2.66. The molecule has 0 radical (unpaired) electrons. The number of benzene rings is 1. The minimum absolute atomic E-state index is 0.650. The van der Waals surface area contributed by atoms with Gasteiger partial charge in [0, 0.05) is 32.6 Å². The number of hydrogen-bond donors (Lipinski definition) is 1. The molecule has 0 amide bonds. The number of anilines is 1. The van der Waals surface area contributed by atoms with Crippen molar-refractivity contribution < 1.29 is 4.74 Å². The van der Waals surface area contributed by atoms with E-state index in [1.807, 2.05) is 12.4 Å². The summed E-state index contributed by atoms with van der Waals surface area (Å²) in [6, 6.07) is 8.37. The SMILES string of the molecule is CCn1ccnc1NCc1cccc(COC)c1. The summed E-state index contributed by atoms with van der Waals surface area (Å²) in [5.74, 6) is 0.912. The summed E-state index contributed by atoms with van der Waals surface area (Å²) < 4.78 is 7.22. The molecule has 0 saturated heterocycles. The molecule has 0 fully saturated rings. The number of ether oxygens (including phenoxy) is 1. The van der Waals surface area contributed by atoms with Crippen LogP contribution in [0.15, 0.2) is 36.7 Å². The fourth-order valence-corrected chi connectivity index (χ4v) is 1.91. The van der Waals surface area contributed by atoms with Crippen LogP contribution in [0, 0.1) is 0 Å². The number of rotatable bonds is 6. The van der Waals surface area contributed by atoms with Gasteiger partial charge in [-0.05, 0) is 18.1 Å². The number of methoxy groups -OCH3 is 1. The lowest BCUT2D eigenvalue weighted by Crippen LogP contribution is -2.06. The van der Waals surface area contributed by atoms with E-state index in [1.165, 1.54) is 11.1 Å². The Morgan fingerprint density at radius 2 is 2.17 bits per heavy atom. The van der Waals surface area contributed by atoms with Crippen LogP contribution in [0.5, 0.6) is 0 Å². The number of aromatic nitrogens is 2. The minimum Gasteiger partial charge on any atom is -0.380 e. The molecule has 2 rings (SSSR count). The van der Waals surface area contributed by atoms with Crippen LogP contribution >= 0.6 is 0 Å². The summed E-state index contributed by atoms with van der Waals surface area (Å²) in [7, 11) is 1.71. The van der Waals surface area contributed by atoms with Gasteiger partial charge >= 0.3 is 0 Å². The molecule has 0 aliphatic rings. The van der Waals surface area contributed by atoms with Crippen LogP contribution in [0.2, 0.25) is 0 Å². The zero-order chi connectivity index (χ0) is 12.8. The molecular weight excluding hydrogens is 226 g/mol. The molecule has 0 bridgehead atoms. The third kappa shape index (κ3) is 3.11. The Morgan fingerprint density at radius 1 is 1.33 bits per heavy atom. The quantitative estimate of drug-likeness (QED) is 0.850. The van der Waals surface area contributed by atoms with Crippen molar-refractivity contribution in [3.05, 3.63) is 47.8 Å². The van der Waals surface area contributed by atoms with Gasteiger partial charge in [0.1, 0.15) is 0 Å². The molecule has 96 valence electrons. The second-order valence-corrected chi connectivity index (χ2v) is 4.14. The average Bonchev–Trinajstić information content (AvgIpc) is 2.84. The van der Waals surface area contributed by atoms with Crippen molar-refractivity contribution in [1.29, 1.82) is 0 Å². The van der Waals surface area contributed by atoms with Gasteiger partial charge in [0.05, 0.1) is 6.61 Å². The van der Waals surface area contributed by atoms with Crippen LogP contribution < -0.4 is 5.32 Å². The minimum atomic E-state index is 0.650. The van der Waals surface area contributed by atoms with Gasteiger partial charge in [-0.15, -0.1) is 0 Å². The summed E-state index contributed by atoms with van der Waals surface area (Å²) in [4.78, 5) is 4.29. The molecule has 0 unspecified atom stereocenters. The Balaban J connectivity index is 1.99. The monoisotopic (exact) mass is 245 g/mol. The fraction of sp³-hybridized carbons (Fsp3) is 0.357. The molecule has 0 atom stereocenters. The molecule has 1 N–H and O–H groups in total. The molecule has 1 aromatic carbocycles. The summed E-state index contributed by atoms with van der Waals surface area (Å²) in [5.41, 5.74) is 2.42. The van der Waals surface area contributed by atoms with E-state index >= 15 is 0 Å². The lowest BCUT2D eigenvalue weighted by Gasteiger charge is -2.09. The Bertz CT molecular complexity index is 493. The first-order valence-corrected chi connectivity index (χ1v) is 6.15. The van der Waals surface area contributed by atoms with E-state index in [0.717, 1.165) is 19.0 Å². The van der Waals surface area contributed by atoms with Crippen molar-refractivity contribution in [1.82, 2.24) is 9.55 Å². The molecule has 1 aromatic heterocycles. The third-order valence-corrected chi connectivity index (χ3v) is 2.81. The molecule has 4 heteroatoms. The first kappa shape index (κ1) is 12.6. The summed E-state index contributed by atoms with van der Waals surface area (Å²) in [6.07, 6.45) is 3.79. The Morgan fingerprint density at radius 3 is 2.94 bits per heavy atom. The van der Waals surface area contributed by atoms with Crippen LogP contribution in [0.25, 0.3) is 0 Å². The molecule has 0 aliphatic heterocycles. The largest absolute Gasteiger partial charge is 0.380 e. The predicted molar refractivity (Wildman–Crippen MR) is 72.4 cm³/mol. The van der Waals surface area contributed by atoms with Crippen molar-refractivity contribution in [3.8, 4) is 0 Å². The fourth-order valence-electron chi connectivity index (χ4n) is 1.91. The molecule has 0 spiro atoms. The molecule has 0 aliphatic carbocycles. The summed E-state index contributed by atoms with van der Waals surface area (Å²) in [6.45, 7) is 4.45. The number of hydrogen-bond acceptors (Lipinski definition) is 3. The van der Waals surface area contributed by atoms with Gasteiger partial charge in [-0.25, -0.2) is 4.98 Å². The summed E-state index contributed by atoms with van der Waals surface area (Å²) in [5, 5.41) is 3.34. The third-order valence-electron chi connectivity index (χ3n) is 2.81. The van der Waals surface area contributed by atoms with Gasteiger partial charge in [-0.3, -0.25) is 0 Å². The molecule has 1 heterocycles. The van der Waals surface area contributed by atoms with E-state index in [-0.39, 0.29) is 0 Å². The molecular formula is C14H19N3O. The van der Waals surface area contributed by atoms with Gasteiger partial charge < -0.3 is 14.6 Å². The highest BCUT2D eigenvalue weighted by atomic mass is 16.5. The van der Waals surface area contributed by atoms with Crippen LogP contribution in [0.4, 0.5) is 5.95 Å². The highest BCUT2D eigenvalue weighted by Crippen LogP contribution is 2.10. The standard InChI is InChI=1S/C14H19N3O/c1-3-17-8-7-15-14(17)16-10-12-5-4-6-13(9-12)11-18-2/h4-9H,3,10-11H2,1-2H3,(H,15,16). The van der Waals surface area contributed by atoms with Gasteiger partial charge in [0.15, 0.2) is 0 Å². The van der Waals surface area contributed by atoms with Crippen molar-refractivity contribution >= 4 is 5.95 Å². The van der Waals surface area contributed by atoms with E-state index in [2.05, 4.69) is 46.1 Å². The first-order chi connectivity index (χ1) is 8.83. The van der Waals surface area contributed by atoms with E-state index in [1.54, 1.807) is 7.11 Å². The van der Waals surface area contributed by atoms with Crippen molar-refractivity contribution in [2.24, 2.45) is 0 Å². The second-order valence-electron chi connectivity index (χ2n) is 4.14. The average molecular weight is 245 g/mol. The number of nitrogens with one attached hydrogen (secondary N) is 1. The normalized spacial score (nSPS) is 10.6. The van der Waals surface area contributed by atoms with Crippen molar-refractivity contribution in [2.75, 3.05) is 12.4 Å². The molecule has 4 nitrogen and oxygen atoms in total. The van der Waals surface area contributed by atoms with E-state index in [0.29, 0.717) is 6.61 Å². The maximum absolute atomic E-state index is 5.13. The lowest BCUT2D eigenvalue weighted by atomic mass is 10.1.